The highest BCUT2D eigenvalue weighted by Crippen LogP contribution is 2.65. The third-order valence-corrected chi connectivity index (χ3v) is 8.30. The van der Waals surface area contributed by atoms with Crippen molar-refractivity contribution in [3.8, 4) is 0 Å². The number of esters is 1. The van der Waals surface area contributed by atoms with E-state index in [1.54, 1.807) is 32.9 Å². The van der Waals surface area contributed by atoms with E-state index in [0.29, 0.717) is 15.6 Å². The van der Waals surface area contributed by atoms with Gasteiger partial charge in [-0.1, -0.05) is 40.9 Å². The summed E-state index contributed by atoms with van der Waals surface area (Å²) in [5.41, 5.74) is -1.77. The van der Waals surface area contributed by atoms with Gasteiger partial charge in [0.2, 0.25) is 5.91 Å². The molecule has 1 aliphatic carbocycles. The lowest BCUT2D eigenvalue weighted by molar-refractivity contribution is -0.154. The van der Waals surface area contributed by atoms with Crippen LogP contribution in [0.25, 0.3) is 0 Å². The molecule has 0 radical (unpaired) electrons. The number of amides is 1. The van der Waals surface area contributed by atoms with Crippen molar-refractivity contribution in [3.63, 3.8) is 0 Å². The van der Waals surface area contributed by atoms with Crippen molar-refractivity contribution < 1.29 is 32.3 Å². The second-order valence-corrected chi connectivity index (χ2v) is 13.7. The maximum Gasteiger partial charge on any atom is 0.310 e. The Kier molecular flexibility index (Phi) is 9.70. The number of benzene rings is 3. The molecule has 0 aliphatic heterocycles. The van der Waals surface area contributed by atoms with Gasteiger partial charge in [-0.2, -0.15) is 0 Å². The number of hydrogen-bond donors (Lipinski definition) is 1. The first-order valence-electron chi connectivity index (χ1n) is 12.7. The number of Topliss-reactive ketones (excluding diaryl/α,β-unsaturated/α-hetero) is 1. The van der Waals surface area contributed by atoms with E-state index in [4.69, 9.17) is 62.7 Å². The largest absolute Gasteiger partial charge is 0.460 e. The number of carbonyl (C=O) groups excluding carboxylic acids is 3. The Labute approximate surface area is 270 Å². The van der Waals surface area contributed by atoms with Crippen LogP contribution in [0, 0.1) is 23.4 Å². The summed E-state index contributed by atoms with van der Waals surface area (Å²) in [6.45, 7) is 4.90. The monoisotopic (exact) mass is 693 g/mol. The maximum atomic E-state index is 15.2. The zero-order valence-corrected chi connectivity index (χ0v) is 26.5. The molecule has 3 aromatic rings. The molecule has 2 atom stereocenters. The molecule has 0 saturated heterocycles. The summed E-state index contributed by atoms with van der Waals surface area (Å²) in [5, 5.41) is 2.47. The summed E-state index contributed by atoms with van der Waals surface area (Å²) in [4.78, 5) is 38.4. The van der Waals surface area contributed by atoms with E-state index in [1.807, 2.05) is 0 Å². The van der Waals surface area contributed by atoms with Gasteiger partial charge in [0.1, 0.15) is 27.4 Å². The van der Waals surface area contributed by atoms with Crippen molar-refractivity contribution in [1.29, 1.82) is 0 Å². The molecule has 0 heterocycles. The van der Waals surface area contributed by atoms with Gasteiger partial charge < -0.3 is 10.1 Å². The van der Waals surface area contributed by atoms with Gasteiger partial charge in [-0.3, -0.25) is 14.4 Å². The number of carbonyl (C=O) groups is 3. The minimum Gasteiger partial charge on any atom is -0.460 e. The fourth-order valence-electron chi connectivity index (χ4n) is 4.64. The Morgan fingerprint density at radius 1 is 0.907 bits per heavy atom. The van der Waals surface area contributed by atoms with Crippen LogP contribution in [-0.4, -0.2) is 27.6 Å². The molecule has 1 saturated carbocycles. The van der Waals surface area contributed by atoms with Gasteiger partial charge in [-0.05, 0) is 68.3 Å². The number of halogens is 8. The minimum absolute atomic E-state index is 0.172. The molecule has 43 heavy (non-hydrogen) atoms. The van der Waals surface area contributed by atoms with Crippen LogP contribution in [0.4, 0.5) is 18.9 Å². The first kappa shape index (κ1) is 33.4. The number of alkyl halides is 2. The van der Waals surface area contributed by atoms with Crippen LogP contribution < -0.4 is 5.32 Å². The van der Waals surface area contributed by atoms with Crippen molar-refractivity contribution >= 4 is 81.4 Å². The average molecular weight is 696 g/mol. The molecule has 5 nitrogen and oxygen atoms in total. The SMILES string of the molecule is CC(C)(C)OC(=O)Cc1ccc(F)c(CC(=O)c2cc(NC(=O)[C@H]3[C@H](c4cc(Cl)cc(Cl)c4)C3(Cl)Cl)cc(F)c2Cl)c1F. The molecule has 1 fully saturated rings. The smallest absolute Gasteiger partial charge is 0.310 e. The third-order valence-electron chi connectivity index (χ3n) is 6.53. The molecule has 1 N–H and O–H groups in total. The predicted octanol–water partition coefficient (Wildman–Crippen LogP) is 8.90. The van der Waals surface area contributed by atoms with Gasteiger partial charge in [-0.15, -0.1) is 23.2 Å². The lowest BCUT2D eigenvalue weighted by atomic mass is 9.98. The van der Waals surface area contributed by atoms with Crippen molar-refractivity contribution in [2.45, 2.75) is 49.5 Å². The number of rotatable bonds is 8. The van der Waals surface area contributed by atoms with Gasteiger partial charge in [-0.25, -0.2) is 13.2 Å². The number of hydrogen-bond acceptors (Lipinski definition) is 4. The van der Waals surface area contributed by atoms with E-state index >= 15 is 4.39 Å². The van der Waals surface area contributed by atoms with Crippen LogP contribution in [0.2, 0.25) is 15.1 Å². The summed E-state index contributed by atoms with van der Waals surface area (Å²) >= 11 is 30.9. The first-order valence-corrected chi connectivity index (χ1v) is 14.6. The highest BCUT2D eigenvalue weighted by atomic mass is 35.5. The van der Waals surface area contributed by atoms with Gasteiger partial charge in [0, 0.05) is 39.2 Å². The van der Waals surface area contributed by atoms with Gasteiger partial charge in [0.15, 0.2) is 5.78 Å². The number of ketones is 1. The average Bonchev–Trinajstić information content (AvgIpc) is 3.45. The molecule has 4 rings (SSSR count). The lowest BCUT2D eigenvalue weighted by Gasteiger charge is -2.19. The quantitative estimate of drug-likeness (QED) is 0.145. The van der Waals surface area contributed by atoms with Crippen molar-refractivity contribution in [1.82, 2.24) is 0 Å². The fourth-order valence-corrected chi connectivity index (χ4v) is 6.23. The summed E-state index contributed by atoms with van der Waals surface area (Å²) in [6, 6.07) is 8.55. The predicted molar refractivity (Wildman–Crippen MR) is 161 cm³/mol. The lowest BCUT2D eigenvalue weighted by Crippen LogP contribution is -2.25. The van der Waals surface area contributed by atoms with Crippen molar-refractivity contribution in [2.75, 3.05) is 5.32 Å². The third kappa shape index (κ3) is 7.60. The van der Waals surface area contributed by atoms with E-state index in [9.17, 15) is 23.2 Å². The highest BCUT2D eigenvalue weighted by Gasteiger charge is 2.67. The van der Waals surface area contributed by atoms with E-state index < -0.39 is 85.9 Å². The number of nitrogens with one attached hydrogen (secondary N) is 1. The van der Waals surface area contributed by atoms with E-state index in [0.717, 1.165) is 24.3 Å². The molecule has 3 aromatic carbocycles. The fraction of sp³-hybridized carbons (Fsp3) is 0.300. The van der Waals surface area contributed by atoms with E-state index in [-0.39, 0.29) is 11.3 Å². The Hall–Kier alpha value is -2.49. The Bertz CT molecular complexity index is 1620. The van der Waals surface area contributed by atoms with Crippen LogP contribution >= 0.6 is 58.0 Å². The summed E-state index contributed by atoms with van der Waals surface area (Å²) in [6.07, 6.45) is -1.36. The van der Waals surface area contributed by atoms with Crippen LogP contribution in [0.1, 0.15) is 53.7 Å². The van der Waals surface area contributed by atoms with Gasteiger partial charge >= 0.3 is 5.97 Å². The Morgan fingerprint density at radius 2 is 1.53 bits per heavy atom. The topological polar surface area (TPSA) is 72.5 Å². The van der Waals surface area contributed by atoms with Crippen molar-refractivity contribution in [2.24, 2.45) is 5.92 Å². The molecule has 1 amide bonds. The van der Waals surface area contributed by atoms with E-state index in [1.165, 1.54) is 6.07 Å². The van der Waals surface area contributed by atoms with Crippen LogP contribution in [-0.2, 0) is 27.2 Å². The molecular weight excluding hydrogens is 673 g/mol. The van der Waals surface area contributed by atoms with E-state index in [2.05, 4.69) is 5.32 Å². The maximum absolute atomic E-state index is 15.2. The molecular formula is C30H23Cl5F3NO4. The van der Waals surface area contributed by atoms with Gasteiger partial charge in [0.25, 0.3) is 0 Å². The number of ether oxygens (including phenoxy) is 1. The minimum atomic E-state index is -1.53. The molecule has 0 aromatic heterocycles. The Morgan fingerprint density at radius 3 is 2.14 bits per heavy atom. The molecule has 0 bridgehead atoms. The highest BCUT2D eigenvalue weighted by molar-refractivity contribution is 6.53. The van der Waals surface area contributed by atoms with Gasteiger partial charge in [0.05, 0.1) is 17.4 Å². The number of anilines is 1. The van der Waals surface area contributed by atoms with Crippen molar-refractivity contribution in [3.05, 3.63) is 97.2 Å². The summed E-state index contributed by atoms with van der Waals surface area (Å²) < 4.78 is 48.3. The molecule has 228 valence electrons. The summed E-state index contributed by atoms with van der Waals surface area (Å²) in [7, 11) is 0. The normalized spacial score (nSPS) is 17.4. The molecule has 0 unspecified atom stereocenters. The van der Waals surface area contributed by atoms with Crippen LogP contribution in [0.5, 0.6) is 0 Å². The summed E-state index contributed by atoms with van der Waals surface area (Å²) in [5.74, 6) is -7.32. The molecule has 13 heteroatoms. The molecule has 1 aliphatic rings. The first-order chi connectivity index (χ1) is 19.9. The zero-order valence-electron chi connectivity index (χ0n) is 22.8. The second kappa shape index (κ2) is 12.5. The standard InChI is InChI=1S/C30H23Cl5F3NO4/c1-29(2,3)43-23(41)8-13-4-5-20(36)18(27(13)38)12-22(40)19-10-17(11-21(37)26(19)33)39-28(42)25-24(30(25,34)35)14-6-15(31)9-16(32)7-14/h4-7,9-11,24-25H,8,12H2,1-3H3,(H,39,42)/t24-,25+/m0/s1. The second-order valence-electron chi connectivity index (χ2n) is 11.0. The Balaban J connectivity index is 1.55. The van der Waals surface area contributed by atoms with Crippen LogP contribution in [0.3, 0.4) is 0 Å². The zero-order chi connectivity index (χ0) is 32.0. The van der Waals surface area contributed by atoms with Crippen LogP contribution in [0.15, 0.2) is 42.5 Å². The molecule has 0 spiro atoms.